The minimum absolute atomic E-state index is 0.0202. The van der Waals surface area contributed by atoms with Gasteiger partial charge in [-0.3, -0.25) is 10.1 Å². The molecule has 0 saturated carbocycles. The minimum atomic E-state index is -0.408. The van der Waals surface area contributed by atoms with Gasteiger partial charge in [-0.2, -0.15) is 12.6 Å². The highest BCUT2D eigenvalue weighted by atomic mass is 32.1. The van der Waals surface area contributed by atoms with Crippen molar-refractivity contribution in [1.29, 1.82) is 0 Å². The lowest BCUT2D eigenvalue weighted by Crippen LogP contribution is -2.28. The topological polar surface area (TPSA) is 52.4 Å². The number of nitro groups is 1. The summed E-state index contributed by atoms with van der Waals surface area (Å²) in [5.74, 6) is 1.24. The summed E-state index contributed by atoms with van der Waals surface area (Å²) >= 11 is 4.32. The monoisotopic (exact) mass is 283 g/mol. The Balaban J connectivity index is 2.86. The number of rotatable bonds is 5. The van der Waals surface area contributed by atoms with Crippen LogP contribution in [-0.4, -0.2) is 17.3 Å². The molecule has 0 amide bonds. The van der Waals surface area contributed by atoms with Gasteiger partial charge < -0.3 is 4.74 Å². The summed E-state index contributed by atoms with van der Waals surface area (Å²) in [6.45, 7) is 8.59. The molecule has 0 aromatic heterocycles. The predicted molar refractivity (Wildman–Crippen MR) is 80.1 cm³/mol. The fourth-order valence-corrected chi connectivity index (χ4v) is 2.31. The molecular formula is C14H21NO3S. The molecule has 0 fully saturated rings. The molecule has 0 spiro atoms. The van der Waals surface area contributed by atoms with Gasteiger partial charge in [0.05, 0.1) is 11.5 Å². The average Bonchev–Trinajstić information content (AvgIpc) is 2.29. The maximum Gasteiger partial charge on any atom is 0.311 e. The van der Waals surface area contributed by atoms with Crippen LogP contribution in [0.1, 0.15) is 26.3 Å². The molecule has 0 aliphatic heterocycles. The third-order valence-corrected chi connectivity index (χ3v) is 3.64. The molecule has 1 aromatic rings. The van der Waals surface area contributed by atoms with Crippen molar-refractivity contribution in [2.24, 2.45) is 11.3 Å². The molecule has 106 valence electrons. The van der Waals surface area contributed by atoms with E-state index < -0.39 is 4.92 Å². The predicted octanol–water partition coefficient (Wildman–Crippen LogP) is 3.87. The molecule has 1 aromatic carbocycles. The number of nitro benzene ring substituents is 1. The first-order chi connectivity index (χ1) is 8.75. The summed E-state index contributed by atoms with van der Waals surface area (Å²) in [6.07, 6.45) is 0. The van der Waals surface area contributed by atoms with Crippen molar-refractivity contribution >= 4 is 18.3 Å². The molecule has 0 radical (unpaired) electrons. The molecule has 0 saturated heterocycles. The Bertz CT molecular complexity index is 454. The Morgan fingerprint density at radius 2 is 2.05 bits per heavy atom. The van der Waals surface area contributed by atoms with Crippen LogP contribution in [0.15, 0.2) is 18.2 Å². The van der Waals surface area contributed by atoms with Crippen LogP contribution < -0.4 is 4.74 Å². The number of ether oxygens (including phenoxy) is 1. The van der Waals surface area contributed by atoms with Crippen LogP contribution >= 0.6 is 12.6 Å². The summed E-state index contributed by atoms with van der Waals surface area (Å²) in [6, 6.07) is 5.00. The molecule has 19 heavy (non-hydrogen) atoms. The van der Waals surface area contributed by atoms with Gasteiger partial charge in [0, 0.05) is 12.0 Å². The van der Waals surface area contributed by atoms with Gasteiger partial charge in [-0.05, 0) is 29.7 Å². The zero-order valence-electron chi connectivity index (χ0n) is 11.8. The zero-order chi connectivity index (χ0) is 14.6. The lowest BCUT2D eigenvalue weighted by atomic mass is 9.82. The van der Waals surface area contributed by atoms with Crippen LogP contribution in [0.2, 0.25) is 0 Å². The van der Waals surface area contributed by atoms with Gasteiger partial charge in [-0.1, -0.05) is 26.8 Å². The second kappa shape index (κ2) is 6.28. The minimum Gasteiger partial charge on any atom is -0.486 e. The highest BCUT2D eigenvalue weighted by Crippen LogP contribution is 2.31. The van der Waals surface area contributed by atoms with Crippen molar-refractivity contribution < 1.29 is 9.66 Å². The van der Waals surface area contributed by atoms with Gasteiger partial charge in [-0.15, -0.1) is 0 Å². The molecule has 0 aliphatic carbocycles. The van der Waals surface area contributed by atoms with E-state index in [9.17, 15) is 10.1 Å². The number of aryl methyl sites for hydroxylation is 1. The van der Waals surface area contributed by atoms with Gasteiger partial charge in [0.25, 0.3) is 0 Å². The second-order valence-corrected chi connectivity index (χ2v) is 6.15. The van der Waals surface area contributed by atoms with Crippen molar-refractivity contribution in [1.82, 2.24) is 0 Å². The number of hydrogen-bond donors (Lipinski definition) is 1. The van der Waals surface area contributed by atoms with E-state index in [1.807, 2.05) is 13.0 Å². The third-order valence-electron chi connectivity index (χ3n) is 3.20. The van der Waals surface area contributed by atoms with E-state index in [2.05, 4.69) is 33.4 Å². The Morgan fingerprint density at radius 3 is 2.53 bits per heavy atom. The Morgan fingerprint density at radius 1 is 1.42 bits per heavy atom. The van der Waals surface area contributed by atoms with Crippen LogP contribution in [0.25, 0.3) is 0 Å². The van der Waals surface area contributed by atoms with Crippen molar-refractivity contribution in [2.45, 2.75) is 27.7 Å². The molecule has 1 rings (SSSR count). The van der Waals surface area contributed by atoms with Gasteiger partial charge in [0.1, 0.15) is 0 Å². The highest BCUT2D eigenvalue weighted by molar-refractivity contribution is 7.80. The zero-order valence-corrected chi connectivity index (χ0v) is 12.7. The van der Waals surface area contributed by atoms with Crippen LogP contribution in [0, 0.1) is 28.4 Å². The van der Waals surface area contributed by atoms with Gasteiger partial charge in [-0.25, -0.2) is 0 Å². The molecule has 0 aliphatic rings. The highest BCUT2D eigenvalue weighted by Gasteiger charge is 2.25. The van der Waals surface area contributed by atoms with Gasteiger partial charge in [0.15, 0.2) is 5.75 Å². The molecule has 0 N–H and O–H groups in total. The van der Waals surface area contributed by atoms with E-state index in [4.69, 9.17) is 4.74 Å². The largest absolute Gasteiger partial charge is 0.486 e. The van der Waals surface area contributed by atoms with Crippen molar-refractivity contribution in [3.8, 4) is 5.75 Å². The molecular weight excluding hydrogens is 262 g/mol. The quantitative estimate of drug-likeness (QED) is 0.507. The summed E-state index contributed by atoms with van der Waals surface area (Å²) in [7, 11) is 0. The third kappa shape index (κ3) is 4.42. The van der Waals surface area contributed by atoms with Crippen LogP contribution in [0.3, 0.4) is 0 Å². The van der Waals surface area contributed by atoms with E-state index in [1.165, 1.54) is 6.07 Å². The maximum atomic E-state index is 11.0. The number of thiol groups is 1. The van der Waals surface area contributed by atoms with Crippen LogP contribution in [0.4, 0.5) is 5.69 Å². The molecule has 0 heterocycles. The first kappa shape index (κ1) is 15.8. The number of benzene rings is 1. The second-order valence-electron chi connectivity index (χ2n) is 5.78. The molecule has 1 unspecified atom stereocenters. The summed E-state index contributed by atoms with van der Waals surface area (Å²) in [4.78, 5) is 10.6. The number of nitrogens with zero attached hydrogens (tertiary/aromatic N) is 1. The van der Waals surface area contributed by atoms with Crippen molar-refractivity contribution in [3.63, 3.8) is 0 Å². The van der Waals surface area contributed by atoms with Crippen LogP contribution in [0.5, 0.6) is 5.75 Å². The first-order valence-corrected chi connectivity index (χ1v) is 6.87. The molecule has 0 bridgehead atoms. The fourth-order valence-electron chi connectivity index (χ4n) is 1.66. The Labute approximate surface area is 119 Å². The van der Waals surface area contributed by atoms with Crippen LogP contribution in [-0.2, 0) is 0 Å². The van der Waals surface area contributed by atoms with Gasteiger partial charge in [0.2, 0.25) is 0 Å². The summed E-state index contributed by atoms with van der Waals surface area (Å²) in [5, 5.41) is 11.0. The Hall–Kier alpha value is -1.23. The van der Waals surface area contributed by atoms with E-state index >= 15 is 0 Å². The molecule has 5 heteroatoms. The maximum absolute atomic E-state index is 11.0. The van der Waals surface area contributed by atoms with E-state index in [1.54, 1.807) is 6.07 Å². The normalized spacial score (nSPS) is 13.1. The Kier molecular flexibility index (Phi) is 5.23. The molecule has 4 nitrogen and oxygen atoms in total. The summed E-state index contributed by atoms with van der Waals surface area (Å²) in [5.41, 5.74) is 0.925. The fraction of sp³-hybridized carbons (Fsp3) is 0.571. The van der Waals surface area contributed by atoms with E-state index in [0.717, 1.165) is 5.56 Å². The standard InChI is InChI=1S/C14H21NO3S/c1-10-5-6-13(12(7-10)15(16)17)18-8-11(9-19)14(2,3)4/h5-7,11,19H,8-9H2,1-4H3. The van der Waals surface area contributed by atoms with Crippen molar-refractivity contribution in [3.05, 3.63) is 33.9 Å². The van der Waals surface area contributed by atoms with E-state index in [-0.39, 0.29) is 17.0 Å². The van der Waals surface area contributed by atoms with Crippen molar-refractivity contribution in [2.75, 3.05) is 12.4 Å². The number of hydrogen-bond acceptors (Lipinski definition) is 4. The first-order valence-electron chi connectivity index (χ1n) is 6.24. The average molecular weight is 283 g/mol. The lowest BCUT2D eigenvalue weighted by Gasteiger charge is -2.29. The smallest absolute Gasteiger partial charge is 0.311 e. The van der Waals surface area contributed by atoms with Gasteiger partial charge >= 0.3 is 5.69 Å². The SMILES string of the molecule is Cc1ccc(OCC(CS)C(C)(C)C)c([N+](=O)[O-])c1. The van der Waals surface area contributed by atoms with E-state index in [0.29, 0.717) is 18.1 Å². The lowest BCUT2D eigenvalue weighted by molar-refractivity contribution is -0.386. The summed E-state index contributed by atoms with van der Waals surface area (Å²) < 4.78 is 5.64. The molecule has 1 atom stereocenters.